The number of aromatic hydroxyl groups is 1. The highest BCUT2D eigenvalue weighted by Gasteiger charge is 2.64. The van der Waals surface area contributed by atoms with Crippen molar-refractivity contribution < 1.29 is 49.1 Å². The van der Waals surface area contributed by atoms with Gasteiger partial charge in [0.25, 0.3) is 5.91 Å². The summed E-state index contributed by atoms with van der Waals surface area (Å²) in [5.41, 5.74) is 3.38. The third kappa shape index (κ3) is 6.38. The second-order valence-corrected chi connectivity index (χ2v) is 13.7. The molecule has 0 heterocycles. The van der Waals surface area contributed by atoms with Crippen molar-refractivity contribution in [3.8, 4) is 5.75 Å². The number of Topliss-reactive ketones (excluding diaryl/α,β-unsaturated/α-hetero) is 2. The number of carbonyl (C=O) groups excluding carboxylic acids is 5. The minimum absolute atomic E-state index is 0.00168. The number of rotatable bonds is 11. The second-order valence-electron chi connectivity index (χ2n) is 13.7. The number of phenols is 1. The first-order chi connectivity index (χ1) is 24.0. The van der Waals surface area contributed by atoms with Gasteiger partial charge < -0.3 is 45.9 Å². The van der Waals surface area contributed by atoms with Crippen LogP contribution in [0.3, 0.4) is 0 Å². The highest BCUT2D eigenvalue weighted by molar-refractivity contribution is 6.24. The number of nitrogens with two attached hydrogens (primary N) is 1. The number of ketones is 2. The molecule has 0 radical (unpaired) electrons. The maximum atomic E-state index is 14.2. The molecule has 5 atom stereocenters. The average molecular weight is 706 g/mol. The number of nitrogens with zero attached hydrogens (tertiary/aromatic N) is 3. The van der Waals surface area contributed by atoms with Crippen LogP contribution in [-0.4, -0.2) is 119 Å². The van der Waals surface area contributed by atoms with Gasteiger partial charge in [0.15, 0.2) is 11.4 Å². The third-order valence-corrected chi connectivity index (χ3v) is 9.83. The fourth-order valence-electron chi connectivity index (χ4n) is 7.57. The van der Waals surface area contributed by atoms with Crippen molar-refractivity contribution in [2.75, 3.05) is 51.5 Å². The van der Waals surface area contributed by atoms with Crippen molar-refractivity contribution in [3.63, 3.8) is 0 Å². The first-order valence-corrected chi connectivity index (χ1v) is 16.4. The van der Waals surface area contributed by atoms with Gasteiger partial charge in [0.2, 0.25) is 5.78 Å². The average Bonchev–Trinajstić information content (AvgIpc) is 3.06. The fraction of sp³-hybridized carbons (Fsp3) is 0.417. The minimum atomic E-state index is -2.76. The number of aliphatic hydroxyl groups excluding tert-OH is 2. The molecule has 3 aliphatic rings. The van der Waals surface area contributed by atoms with Gasteiger partial charge in [0, 0.05) is 43.9 Å². The number of hydrogen-bond acceptors (Lipinski definition) is 13. The van der Waals surface area contributed by atoms with E-state index in [2.05, 4.69) is 5.32 Å². The molecule has 2 aromatic rings. The lowest BCUT2D eigenvalue weighted by Gasteiger charge is -2.50. The summed E-state index contributed by atoms with van der Waals surface area (Å²) in [6.07, 6.45) is -0.0732. The van der Waals surface area contributed by atoms with Crippen LogP contribution in [0, 0.1) is 11.8 Å². The van der Waals surface area contributed by atoms with E-state index in [1.165, 1.54) is 23.9 Å². The maximum absolute atomic E-state index is 14.2. The number of carbonyl (C=O) groups is 5. The quantitative estimate of drug-likeness (QED) is 0.111. The molecule has 0 aliphatic heterocycles. The Balaban J connectivity index is 1.51. The number of aldehydes is 1. The van der Waals surface area contributed by atoms with Gasteiger partial charge in [-0.05, 0) is 57.0 Å². The van der Waals surface area contributed by atoms with E-state index in [0.717, 1.165) is 5.56 Å². The summed E-state index contributed by atoms with van der Waals surface area (Å²) in [5.74, 6) is -7.40. The zero-order valence-corrected chi connectivity index (χ0v) is 29.0. The van der Waals surface area contributed by atoms with Crippen molar-refractivity contribution in [2.24, 2.45) is 17.6 Å². The Morgan fingerprint density at radius 3 is 2.37 bits per heavy atom. The Labute approximate surface area is 294 Å². The first-order valence-electron chi connectivity index (χ1n) is 16.4. The Kier molecular flexibility index (Phi) is 10.2. The summed E-state index contributed by atoms with van der Waals surface area (Å²) in [4.78, 5) is 68.6. The number of amides is 2. The number of nitrogens with one attached hydrogen (secondary N) is 1. The lowest BCUT2D eigenvalue weighted by molar-refractivity contribution is -0.153. The highest BCUT2D eigenvalue weighted by Crippen LogP contribution is 2.54. The molecule has 1 unspecified atom stereocenters. The third-order valence-electron chi connectivity index (χ3n) is 9.83. The lowest BCUT2D eigenvalue weighted by atomic mass is 9.57. The summed E-state index contributed by atoms with van der Waals surface area (Å²) in [6, 6.07) is 8.93. The molecular weight excluding hydrogens is 662 g/mol. The molecule has 0 spiro atoms. The van der Waals surface area contributed by atoms with Crippen LogP contribution in [0.2, 0.25) is 0 Å². The first kappa shape index (κ1) is 36.9. The summed E-state index contributed by atoms with van der Waals surface area (Å²) in [6.45, 7) is 1.45. The van der Waals surface area contributed by atoms with Gasteiger partial charge in [-0.15, -0.1) is 0 Å². The van der Waals surface area contributed by atoms with E-state index < -0.39 is 75.9 Å². The largest absolute Gasteiger partial charge is 0.508 e. The molecule has 5 rings (SSSR count). The van der Waals surface area contributed by atoms with Gasteiger partial charge in [-0.3, -0.25) is 24.2 Å². The van der Waals surface area contributed by atoms with Crippen molar-refractivity contribution in [1.82, 2.24) is 9.80 Å². The van der Waals surface area contributed by atoms with E-state index in [0.29, 0.717) is 17.5 Å². The molecule has 15 nitrogen and oxygen atoms in total. The number of benzene rings is 2. The van der Waals surface area contributed by atoms with Crippen LogP contribution < -0.4 is 16.0 Å². The molecule has 51 heavy (non-hydrogen) atoms. The molecule has 7 N–H and O–H groups in total. The van der Waals surface area contributed by atoms with Gasteiger partial charge in [0.05, 0.1) is 23.8 Å². The van der Waals surface area contributed by atoms with E-state index in [-0.39, 0.29) is 49.4 Å². The van der Waals surface area contributed by atoms with Gasteiger partial charge in [-0.25, -0.2) is 4.79 Å². The monoisotopic (exact) mass is 705 g/mol. The van der Waals surface area contributed by atoms with Gasteiger partial charge in [0.1, 0.15) is 35.7 Å². The topological polar surface area (TPSA) is 223 Å². The molecule has 1 saturated carbocycles. The van der Waals surface area contributed by atoms with E-state index in [1.54, 1.807) is 56.3 Å². The number of aliphatic hydroxyl groups is 3. The zero-order valence-electron chi connectivity index (χ0n) is 29.0. The fourth-order valence-corrected chi connectivity index (χ4v) is 7.57. The molecule has 0 aromatic heterocycles. The van der Waals surface area contributed by atoms with Crippen LogP contribution in [0.5, 0.6) is 5.75 Å². The number of hydrogen-bond donors (Lipinski definition) is 6. The summed E-state index contributed by atoms with van der Waals surface area (Å²) in [7, 11) is 6.59. The van der Waals surface area contributed by atoms with Crippen LogP contribution in [0.1, 0.15) is 30.0 Å². The number of fused-ring (bicyclic) bond motifs is 3. The van der Waals surface area contributed by atoms with Crippen LogP contribution in [0.15, 0.2) is 53.3 Å². The smallest absolute Gasteiger partial charge is 0.410 e. The molecule has 2 amide bonds. The van der Waals surface area contributed by atoms with Crippen molar-refractivity contribution in [2.45, 2.75) is 44.1 Å². The Morgan fingerprint density at radius 1 is 1.12 bits per heavy atom. The Bertz CT molecular complexity index is 1840. The zero-order chi connectivity index (χ0) is 37.5. The highest BCUT2D eigenvalue weighted by atomic mass is 16.6. The molecule has 0 saturated heterocycles. The molecule has 3 aliphatic carbocycles. The number of primary amides is 1. The summed E-state index contributed by atoms with van der Waals surface area (Å²) < 4.78 is 5.40. The van der Waals surface area contributed by atoms with Crippen LogP contribution >= 0.6 is 0 Å². The van der Waals surface area contributed by atoms with E-state index in [1.807, 2.05) is 6.07 Å². The van der Waals surface area contributed by atoms with Gasteiger partial charge in [-0.2, -0.15) is 0 Å². The van der Waals surface area contributed by atoms with Gasteiger partial charge in [-0.1, -0.05) is 30.3 Å². The normalized spacial score (nSPS) is 23.2. The van der Waals surface area contributed by atoms with Crippen molar-refractivity contribution in [1.29, 1.82) is 0 Å². The number of anilines is 2. The summed E-state index contributed by atoms with van der Waals surface area (Å²) >= 11 is 0. The van der Waals surface area contributed by atoms with E-state index in [9.17, 15) is 44.4 Å². The predicted octanol–water partition coefficient (Wildman–Crippen LogP) is 1.67. The number of phenolic OH excluding ortho intramolecular Hbond substituents is 1. The van der Waals surface area contributed by atoms with Gasteiger partial charge >= 0.3 is 6.09 Å². The standard InChI is InChI=1S/C36H43N5O10/c1-18(16-41(11-12-42)35(49)51-17-19-9-7-6-8-10-19)38-23-15-24(39(2)3)21-13-20-14-22-28(40(4)5)31(45)27(34(37)48)33(47)36(22,50)32(46)25(20)30(44)26(21)29(23)43/h6-10,12,15,18,20,22,28,38,43-44,47,50H,11,13-14,16-17H2,1-5H3,(H2,37,48)/t18?,20-,22-,28-,36-/m0/s1. The number of likely N-dealkylation sites (N-methyl/N-ethyl adjacent to an activating group) is 1. The lowest BCUT2D eigenvalue weighted by Crippen LogP contribution is -2.65. The maximum Gasteiger partial charge on any atom is 0.410 e. The molecule has 1 fully saturated rings. The van der Waals surface area contributed by atoms with Crippen LogP contribution in [-0.2, 0) is 36.9 Å². The van der Waals surface area contributed by atoms with Crippen molar-refractivity contribution >= 4 is 47.0 Å². The Hall–Kier alpha value is -5.41. The molecule has 0 bridgehead atoms. The van der Waals surface area contributed by atoms with E-state index >= 15 is 0 Å². The predicted molar refractivity (Wildman–Crippen MR) is 186 cm³/mol. The van der Waals surface area contributed by atoms with E-state index in [4.69, 9.17) is 10.5 Å². The molecule has 15 heteroatoms. The Morgan fingerprint density at radius 2 is 1.78 bits per heavy atom. The van der Waals surface area contributed by atoms with Crippen LogP contribution in [0.4, 0.5) is 16.2 Å². The second kappa shape index (κ2) is 14.1. The minimum Gasteiger partial charge on any atom is -0.508 e. The number of ether oxygens (including phenoxy) is 1. The molecule has 2 aromatic carbocycles. The SMILES string of the molecule is CC(CN(CC=O)C(=O)OCc1ccccc1)Nc1cc(N(C)C)c2c(c1O)C(O)=C1C(=O)[C@]3(O)C(O)=C(C(N)=O)C(=O)[C@@H](N(C)C)[C@@H]3C[C@@H]1C2. The molecule has 272 valence electrons. The molecular formula is C36H43N5O10. The summed E-state index contributed by atoms with van der Waals surface area (Å²) in [5, 5.41) is 49.5. The van der Waals surface area contributed by atoms with Crippen LogP contribution in [0.25, 0.3) is 5.76 Å². The van der Waals surface area contributed by atoms with Crippen molar-refractivity contribution in [3.05, 3.63) is 70.0 Å².